The van der Waals surface area contributed by atoms with Crippen LogP contribution in [-0.4, -0.2) is 48.6 Å². The van der Waals surface area contributed by atoms with Crippen molar-refractivity contribution in [1.82, 2.24) is 24.4 Å². The van der Waals surface area contributed by atoms with Gasteiger partial charge in [-0.1, -0.05) is 18.5 Å². The van der Waals surface area contributed by atoms with Gasteiger partial charge in [0.2, 0.25) is 0 Å². The molecule has 9 nitrogen and oxygen atoms in total. The number of nitrogens with one attached hydrogen (secondary N) is 1. The number of aliphatic hydroxyl groups excluding tert-OH is 1. The molecule has 3 aromatic heterocycles. The van der Waals surface area contributed by atoms with E-state index in [-0.39, 0.29) is 12.5 Å². The summed E-state index contributed by atoms with van der Waals surface area (Å²) in [6.07, 6.45) is 6.27. The zero-order chi connectivity index (χ0) is 22.0. The minimum atomic E-state index is -0.601. The van der Waals surface area contributed by atoms with E-state index >= 15 is 0 Å². The number of aliphatic hydroxyl groups is 1. The number of hydrogen-bond donors (Lipinski definition) is 2. The van der Waals surface area contributed by atoms with Crippen LogP contribution in [-0.2, 0) is 6.54 Å². The first kappa shape index (κ1) is 20.8. The molecule has 0 bridgehead atoms. The highest BCUT2D eigenvalue weighted by atomic mass is 35.5. The van der Waals surface area contributed by atoms with Crippen molar-refractivity contribution in [3.63, 3.8) is 0 Å². The zero-order valence-corrected chi connectivity index (χ0v) is 17.7. The van der Waals surface area contributed by atoms with Crippen molar-refractivity contribution in [2.75, 3.05) is 12.4 Å². The van der Waals surface area contributed by atoms with Crippen LogP contribution in [0.5, 0.6) is 5.75 Å². The highest BCUT2D eigenvalue weighted by Gasteiger charge is 2.22. The monoisotopic (exact) mass is 440 g/mol. The van der Waals surface area contributed by atoms with Gasteiger partial charge in [-0.15, -0.1) is 0 Å². The maximum Gasteiger partial charge on any atom is 0.261 e. The summed E-state index contributed by atoms with van der Waals surface area (Å²) in [4.78, 5) is 17.3. The maximum atomic E-state index is 13.0. The number of nitrogens with zero attached hydrogens (tertiary/aromatic N) is 5. The van der Waals surface area contributed by atoms with Crippen LogP contribution in [0.1, 0.15) is 23.7 Å². The summed E-state index contributed by atoms with van der Waals surface area (Å²) in [6, 6.07) is 6.92. The van der Waals surface area contributed by atoms with Crippen LogP contribution < -0.4 is 10.1 Å². The van der Waals surface area contributed by atoms with E-state index in [0.29, 0.717) is 45.3 Å². The Morgan fingerprint density at radius 3 is 2.94 bits per heavy atom. The molecular formula is C21H21ClN6O3. The number of hydrogen-bond acceptors (Lipinski definition) is 6. The molecule has 0 aliphatic rings. The number of benzene rings is 1. The Balaban J connectivity index is 1.78. The first-order chi connectivity index (χ1) is 15.0. The fourth-order valence-electron chi connectivity index (χ4n) is 3.27. The smallest absolute Gasteiger partial charge is 0.261 e. The Hall–Kier alpha value is -3.43. The van der Waals surface area contributed by atoms with Gasteiger partial charge in [0.15, 0.2) is 5.65 Å². The van der Waals surface area contributed by atoms with E-state index < -0.39 is 6.10 Å². The molecule has 2 N–H and O–H groups in total. The molecule has 0 radical (unpaired) electrons. The quantitative estimate of drug-likeness (QED) is 0.456. The fraction of sp³-hybridized carbons (Fsp3) is 0.238. The van der Waals surface area contributed by atoms with Crippen LogP contribution in [0.4, 0.5) is 5.69 Å². The van der Waals surface area contributed by atoms with Crippen molar-refractivity contribution >= 4 is 28.8 Å². The Morgan fingerprint density at radius 1 is 1.32 bits per heavy atom. The lowest BCUT2D eigenvalue weighted by Gasteiger charge is -2.16. The molecule has 1 atom stereocenters. The topological polar surface area (TPSA) is 107 Å². The van der Waals surface area contributed by atoms with Gasteiger partial charge in [0.1, 0.15) is 11.3 Å². The SMILES string of the molecule is CCC(O)Cn1ncc(NC(=O)c2cnn3cccnc23)c1-c1cc(Cl)ccc1OC. The lowest BCUT2D eigenvalue weighted by Crippen LogP contribution is -2.17. The number of carbonyl (C=O) groups is 1. The Bertz CT molecular complexity index is 1240. The molecule has 1 amide bonds. The Morgan fingerprint density at radius 2 is 2.16 bits per heavy atom. The van der Waals surface area contributed by atoms with Crippen molar-refractivity contribution in [2.45, 2.75) is 26.0 Å². The van der Waals surface area contributed by atoms with E-state index in [2.05, 4.69) is 20.5 Å². The third-order valence-electron chi connectivity index (χ3n) is 4.88. The van der Waals surface area contributed by atoms with Crippen LogP contribution in [0.25, 0.3) is 16.9 Å². The normalized spacial score (nSPS) is 12.1. The summed E-state index contributed by atoms with van der Waals surface area (Å²) < 4.78 is 8.66. The van der Waals surface area contributed by atoms with Crippen LogP contribution in [0.15, 0.2) is 49.1 Å². The second kappa shape index (κ2) is 8.75. The van der Waals surface area contributed by atoms with Gasteiger partial charge in [-0.2, -0.15) is 10.2 Å². The summed E-state index contributed by atoms with van der Waals surface area (Å²) in [5.74, 6) is 0.178. The van der Waals surface area contributed by atoms with Crippen LogP contribution >= 0.6 is 11.6 Å². The summed E-state index contributed by atoms with van der Waals surface area (Å²) in [6.45, 7) is 2.13. The van der Waals surface area contributed by atoms with Gasteiger partial charge >= 0.3 is 0 Å². The van der Waals surface area contributed by atoms with Crippen molar-refractivity contribution in [1.29, 1.82) is 0 Å². The van der Waals surface area contributed by atoms with Gasteiger partial charge in [-0.25, -0.2) is 9.50 Å². The molecular weight excluding hydrogens is 420 g/mol. The molecule has 0 saturated carbocycles. The van der Waals surface area contributed by atoms with Crippen LogP contribution in [0.3, 0.4) is 0 Å². The number of ether oxygens (including phenoxy) is 1. The summed E-state index contributed by atoms with van der Waals surface area (Å²) in [5.41, 5.74) is 2.43. The second-order valence-electron chi connectivity index (χ2n) is 6.90. The Labute approximate surface area is 183 Å². The Kier molecular flexibility index (Phi) is 5.88. The maximum absolute atomic E-state index is 13.0. The predicted molar refractivity (Wildman–Crippen MR) is 116 cm³/mol. The third-order valence-corrected chi connectivity index (χ3v) is 5.12. The molecule has 0 spiro atoms. The van der Waals surface area contributed by atoms with E-state index in [9.17, 15) is 9.90 Å². The molecule has 4 rings (SSSR count). The largest absolute Gasteiger partial charge is 0.496 e. The molecule has 4 aromatic rings. The fourth-order valence-corrected chi connectivity index (χ4v) is 3.44. The molecule has 1 unspecified atom stereocenters. The van der Waals surface area contributed by atoms with Gasteiger partial charge in [0.25, 0.3) is 5.91 Å². The summed E-state index contributed by atoms with van der Waals surface area (Å²) in [5, 5.41) is 22.1. The number of anilines is 1. The number of halogens is 1. The number of amides is 1. The molecule has 3 heterocycles. The van der Waals surface area contributed by atoms with Crippen molar-refractivity contribution in [3.8, 4) is 17.0 Å². The molecule has 31 heavy (non-hydrogen) atoms. The first-order valence-electron chi connectivity index (χ1n) is 9.69. The standard InChI is InChI=1S/C21H21ClN6O3/c1-3-14(29)12-28-19(15-9-13(22)5-6-18(15)31-2)17(11-25-28)26-21(30)16-10-24-27-8-4-7-23-20(16)27/h4-11,14,29H,3,12H2,1-2H3,(H,26,30). The zero-order valence-electron chi connectivity index (χ0n) is 17.0. The molecule has 160 valence electrons. The molecule has 0 aliphatic carbocycles. The minimum Gasteiger partial charge on any atom is -0.496 e. The van der Waals surface area contributed by atoms with Crippen molar-refractivity contribution in [3.05, 3.63) is 59.6 Å². The molecule has 1 aromatic carbocycles. The van der Waals surface area contributed by atoms with E-state index in [1.807, 2.05) is 6.92 Å². The highest BCUT2D eigenvalue weighted by Crippen LogP contribution is 2.37. The minimum absolute atomic E-state index is 0.246. The van der Waals surface area contributed by atoms with Gasteiger partial charge in [-0.3, -0.25) is 9.48 Å². The number of methoxy groups -OCH3 is 1. The number of carbonyl (C=O) groups excluding carboxylic acids is 1. The van der Waals surface area contributed by atoms with Crippen molar-refractivity contribution in [2.24, 2.45) is 0 Å². The third kappa shape index (κ3) is 4.10. The van der Waals surface area contributed by atoms with Gasteiger partial charge in [0.05, 0.1) is 43.5 Å². The van der Waals surface area contributed by atoms with Crippen molar-refractivity contribution < 1.29 is 14.6 Å². The number of rotatable bonds is 7. The van der Waals surface area contributed by atoms with Crippen LogP contribution in [0.2, 0.25) is 5.02 Å². The summed E-state index contributed by atoms with van der Waals surface area (Å²) in [7, 11) is 1.55. The van der Waals surface area contributed by atoms with E-state index in [1.165, 1.54) is 16.9 Å². The van der Waals surface area contributed by atoms with E-state index in [4.69, 9.17) is 16.3 Å². The van der Waals surface area contributed by atoms with Gasteiger partial charge in [0, 0.05) is 23.0 Å². The molecule has 0 fully saturated rings. The lowest BCUT2D eigenvalue weighted by molar-refractivity contribution is 0.102. The van der Waals surface area contributed by atoms with Crippen LogP contribution in [0, 0.1) is 0 Å². The summed E-state index contributed by atoms with van der Waals surface area (Å²) >= 11 is 6.24. The molecule has 10 heteroatoms. The van der Waals surface area contributed by atoms with E-state index in [1.54, 1.807) is 48.5 Å². The number of aromatic nitrogens is 5. The van der Waals surface area contributed by atoms with Gasteiger partial charge in [-0.05, 0) is 30.7 Å². The molecule has 0 saturated heterocycles. The lowest BCUT2D eigenvalue weighted by atomic mass is 10.1. The average Bonchev–Trinajstić information content (AvgIpc) is 3.37. The molecule has 0 aliphatic heterocycles. The average molecular weight is 441 g/mol. The predicted octanol–water partition coefficient (Wildman–Crippen LogP) is 3.28. The highest BCUT2D eigenvalue weighted by molar-refractivity contribution is 6.31. The second-order valence-corrected chi connectivity index (χ2v) is 7.33. The first-order valence-corrected chi connectivity index (χ1v) is 10.1. The van der Waals surface area contributed by atoms with Gasteiger partial charge < -0.3 is 15.2 Å². The number of fused-ring (bicyclic) bond motifs is 1. The van der Waals surface area contributed by atoms with E-state index in [0.717, 1.165) is 0 Å².